The Morgan fingerprint density at radius 2 is 1.71 bits per heavy atom. The van der Waals surface area contributed by atoms with Crippen molar-refractivity contribution in [2.75, 3.05) is 20.2 Å². The fraction of sp³-hybridized carbons (Fsp3) is 0.435. The largest absolute Gasteiger partial charge is 0.495 e. The summed E-state index contributed by atoms with van der Waals surface area (Å²) in [5.41, 5.74) is 2.19. The van der Waals surface area contributed by atoms with Crippen LogP contribution in [0.4, 0.5) is 0 Å². The van der Waals surface area contributed by atoms with Gasteiger partial charge in [0.2, 0.25) is 10.0 Å². The molecular formula is C23H32N2O5S. The number of carbonyl (C=O) groups excluding carboxylic acids is 1. The Morgan fingerprint density at radius 1 is 1.06 bits per heavy atom. The third-order valence-corrected chi connectivity index (χ3v) is 6.95. The number of nitrogens with one attached hydrogen (secondary N) is 1. The van der Waals surface area contributed by atoms with Crippen LogP contribution in [0.15, 0.2) is 47.4 Å². The molecule has 0 spiro atoms. The summed E-state index contributed by atoms with van der Waals surface area (Å²) in [4.78, 5) is 12.8. The van der Waals surface area contributed by atoms with Crippen LogP contribution in [0.5, 0.6) is 5.75 Å². The SMILES string of the molecule is CCN(CC)S(=O)(=O)c1cc(C(=O)NCc2ccccc2COC(C)C)ccc1OC. The molecule has 0 saturated heterocycles. The van der Waals surface area contributed by atoms with Crippen LogP contribution in [-0.4, -0.2) is 44.9 Å². The van der Waals surface area contributed by atoms with Gasteiger partial charge in [0.15, 0.2) is 0 Å². The van der Waals surface area contributed by atoms with E-state index in [0.29, 0.717) is 26.2 Å². The summed E-state index contributed by atoms with van der Waals surface area (Å²) in [5, 5.41) is 2.87. The second kappa shape index (κ2) is 11.3. The van der Waals surface area contributed by atoms with Gasteiger partial charge in [0.05, 0.1) is 19.8 Å². The first-order valence-electron chi connectivity index (χ1n) is 10.4. The van der Waals surface area contributed by atoms with Gasteiger partial charge < -0.3 is 14.8 Å². The summed E-state index contributed by atoms with van der Waals surface area (Å²) < 4.78 is 38.3. The smallest absolute Gasteiger partial charge is 0.251 e. The molecule has 1 amide bonds. The van der Waals surface area contributed by atoms with Crippen LogP contribution in [0.25, 0.3) is 0 Å². The number of hydrogen-bond acceptors (Lipinski definition) is 5. The predicted molar refractivity (Wildman–Crippen MR) is 121 cm³/mol. The van der Waals surface area contributed by atoms with E-state index >= 15 is 0 Å². The summed E-state index contributed by atoms with van der Waals surface area (Å²) in [6, 6.07) is 12.2. The van der Waals surface area contributed by atoms with E-state index in [9.17, 15) is 13.2 Å². The highest BCUT2D eigenvalue weighted by atomic mass is 32.2. The quantitative estimate of drug-likeness (QED) is 0.568. The number of nitrogens with zero attached hydrogens (tertiary/aromatic N) is 1. The molecule has 2 aromatic rings. The van der Waals surface area contributed by atoms with Crippen molar-refractivity contribution in [3.05, 3.63) is 59.2 Å². The van der Waals surface area contributed by atoms with Crippen molar-refractivity contribution >= 4 is 15.9 Å². The average Bonchev–Trinajstić information content (AvgIpc) is 2.76. The van der Waals surface area contributed by atoms with Crippen LogP contribution in [0.2, 0.25) is 0 Å². The highest BCUT2D eigenvalue weighted by Crippen LogP contribution is 2.28. The molecule has 170 valence electrons. The van der Waals surface area contributed by atoms with Gasteiger partial charge in [0.25, 0.3) is 5.91 Å². The molecule has 0 aromatic heterocycles. The van der Waals surface area contributed by atoms with Crippen LogP contribution in [-0.2, 0) is 27.9 Å². The summed E-state index contributed by atoms with van der Waals surface area (Å²) >= 11 is 0. The molecule has 7 nitrogen and oxygen atoms in total. The van der Waals surface area contributed by atoms with E-state index in [1.807, 2.05) is 38.1 Å². The van der Waals surface area contributed by atoms with Gasteiger partial charge in [-0.1, -0.05) is 38.1 Å². The molecule has 0 bridgehead atoms. The van der Waals surface area contributed by atoms with Gasteiger partial charge in [-0.25, -0.2) is 8.42 Å². The van der Waals surface area contributed by atoms with E-state index in [2.05, 4.69) is 5.32 Å². The van der Waals surface area contributed by atoms with Crippen LogP contribution in [0.3, 0.4) is 0 Å². The van der Waals surface area contributed by atoms with Crippen molar-refractivity contribution in [2.45, 2.75) is 51.8 Å². The Balaban J connectivity index is 2.24. The maximum atomic E-state index is 13.0. The lowest BCUT2D eigenvalue weighted by atomic mass is 10.1. The number of carbonyl (C=O) groups is 1. The molecule has 0 aliphatic heterocycles. The number of benzene rings is 2. The number of sulfonamides is 1. The molecule has 0 aliphatic rings. The molecule has 0 saturated carbocycles. The topological polar surface area (TPSA) is 84.9 Å². The summed E-state index contributed by atoms with van der Waals surface area (Å²) in [5.74, 6) is -0.155. The number of methoxy groups -OCH3 is 1. The summed E-state index contributed by atoms with van der Waals surface area (Å²) in [6.45, 7) is 8.89. The Bertz CT molecular complexity index is 985. The highest BCUT2D eigenvalue weighted by Gasteiger charge is 2.26. The molecule has 2 rings (SSSR count). The molecule has 0 fully saturated rings. The normalized spacial score (nSPS) is 11.7. The first-order valence-corrected chi connectivity index (χ1v) is 11.8. The van der Waals surface area contributed by atoms with E-state index < -0.39 is 10.0 Å². The lowest BCUT2D eigenvalue weighted by Crippen LogP contribution is -2.31. The van der Waals surface area contributed by atoms with E-state index in [1.165, 1.54) is 23.5 Å². The zero-order valence-corrected chi connectivity index (χ0v) is 19.7. The van der Waals surface area contributed by atoms with Gasteiger partial charge in [-0.15, -0.1) is 0 Å². The summed E-state index contributed by atoms with van der Waals surface area (Å²) in [6.07, 6.45) is 0.105. The third-order valence-electron chi connectivity index (χ3n) is 4.88. The van der Waals surface area contributed by atoms with Gasteiger partial charge in [0.1, 0.15) is 10.6 Å². The molecular weight excluding hydrogens is 416 g/mol. The molecule has 0 radical (unpaired) electrons. The number of hydrogen-bond donors (Lipinski definition) is 1. The van der Waals surface area contributed by atoms with Crippen molar-refractivity contribution < 1.29 is 22.7 Å². The van der Waals surface area contributed by atoms with Crippen molar-refractivity contribution in [1.82, 2.24) is 9.62 Å². The molecule has 31 heavy (non-hydrogen) atoms. The third kappa shape index (κ3) is 6.29. The molecule has 0 aliphatic carbocycles. The van der Waals surface area contributed by atoms with Gasteiger partial charge in [0, 0.05) is 25.2 Å². The minimum atomic E-state index is -3.78. The molecule has 8 heteroatoms. The van der Waals surface area contributed by atoms with E-state index in [-0.39, 0.29) is 28.2 Å². The van der Waals surface area contributed by atoms with E-state index in [0.717, 1.165) is 11.1 Å². The van der Waals surface area contributed by atoms with Crippen molar-refractivity contribution in [3.8, 4) is 5.75 Å². The number of rotatable bonds is 11. The molecule has 0 heterocycles. The predicted octanol–water partition coefficient (Wildman–Crippen LogP) is 3.58. The lowest BCUT2D eigenvalue weighted by molar-refractivity contribution is 0.0651. The minimum absolute atomic E-state index is 0.0166. The zero-order valence-electron chi connectivity index (χ0n) is 18.8. The first-order chi connectivity index (χ1) is 14.7. The first kappa shape index (κ1) is 24.8. The Hall–Kier alpha value is -2.42. The van der Waals surface area contributed by atoms with Crippen LogP contribution < -0.4 is 10.1 Å². The van der Waals surface area contributed by atoms with Crippen LogP contribution in [0.1, 0.15) is 49.2 Å². The fourth-order valence-corrected chi connectivity index (χ4v) is 4.77. The number of ether oxygens (including phenoxy) is 2. The zero-order chi connectivity index (χ0) is 23.0. The maximum Gasteiger partial charge on any atom is 0.251 e. The Kier molecular flexibility index (Phi) is 9.03. The second-order valence-electron chi connectivity index (χ2n) is 7.27. The molecule has 0 unspecified atom stereocenters. The standard InChI is InChI=1S/C23H32N2O5S/c1-6-25(7-2)31(27,28)22-14-18(12-13-21(22)29-5)23(26)24-15-19-10-8-9-11-20(19)16-30-17(3)4/h8-14,17H,6-7,15-16H2,1-5H3,(H,24,26). The summed E-state index contributed by atoms with van der Waals surface area (Å²) in [7, 11) is -2.37. The molecule has 2 aromatic carbocycles. The van der Waals surface area contributed by atoms with Crippen molar-refractivity contribution in [2.24, 2.45) is 0 Å². The maximum absolute atomic E-state index is 13.0. The van der Waals surface area contributed by atoms with Crippen molar-refractivity contribution in [1.29, 1.82) is 0 Å². The van der Waals surface area contributed by atoms with Gasteiger partial charge in [-0.05, 0) is 43.2 Å². The van der Waals surface area contributed by atoms with Gasteiger partial charge in [-0.2, -0.15) is 4.31 Å². The molecule has 1 N–H and O–H groups in total. The Morgan fingerprint density at radius 3 is 2.29 bits per heavy atom. The second-order valence-corrected chi connectivity index (χ2v) is 9.17. The fourth-order valence-electron chi connectivity index (χ4n) is 3.13. The van der Waals surface area contributed by atoms with Gasteiger partial charge >= 0.3 is 0 Å². The van der Waals surface area contributed by atoms with E-state index in [4.69, 9.17) is 9.47 Å². The monoisotopic (exact) mass is 448 g/mol. The molecule has 0 atom stereocenters. The number of amides is 1. The van der Waals surface area contributed by atoms with Crippen LogP contribution >= 0.6 is 0 Å². The van der Waals surface area contributed by atoms with Crippen molar-refractivity contribution in [3.63, 3.8) is 0 Å². The highest BCUT2D eigenvalue weighted by molar-refractivity contribution is 7.89. The minimum Gasteiger partial charge on any atom is -0.495 e. The average molecular weight is 449 g/mol. The van der Waals surface area contributed by atoms with Crippen LogP contribution in [0, 0.1) is 0 Å². The lowest BCUT2D eigenvalue weighted by Gasteiger charge is -2.20. The Labute approximate surface area is 185 Å². The van der Waals surface area contributed by atoms with Gasteiger partial charge in [-0.3, -0.25) is 4.79 Å². The van der Waals surface area contributed by atoms with E-state index in [1.54, 1.807) is 19.9 Å².